The molecule has 0 aromatic carbocycles. The number of nitrogens with zero attached hydrogens (tertiary/aromatic N) is 2. The number of halogens is 1. The fraction of sp³-hybridized carbons (Fsp3) is 0.786. The molecule has 102 valence electrons. The number of hydrogen-bond donors (Lipinski definition) is 1. The van der Waals surface area contributed by atoms with Crippen molar-refractivity contribution in [2.24, 2.45) is 11.3 Å². The van der Waals surface area contributed by atoms with Crippen LogP contribution in [-0.4, -0.2) is 9.78 Å². The van der Waals surface area contributed by atoms with Gasteiger partial charge in [0.1, 0.15) is 5.82 Å². The third kappa shape index (κ3) is 2.53. The van der Waals surface area contributed by atoms with Gasteiger partial charge in [0, 0.05) is 0 Å². The average molecular weight is 361 g/mol. The molecule has 1 aromatic heterocycles. The van der Waals surface area contributed by atoms with E-state index in [0.717, 1.165) is 15.1 Å². The van der Waals surface area contributed by atoms with Gasteiger partial charge in [0.2, 0.25) is 0 Å². The lowest BCUT2D eigenvalue weighted by Gasteiger charge is -2.40. The lowest BCUT2D eigenvalue weighted by molar-refractivity contribution is 0.106. The summed E-state index contributed by atoms with van der Waals surface area (Å²) in [7, 11) is 0. The summed E-state index contributed by atoms with van der Waals surface area (Å²) in [6.45, 7) is 9.07. The molecule has 1 saturated carbocycles. The van der Waals surface area contributed by atoms with E-state index < -0.39 is 0 Å². The minimum atomic E-state index is 0.322. The molecule has 0 bridgehead atoms. The molecule has 0 amide bonds. The number of aromatic nitrogens is 2. The maximum atomic E-state index is 6.23. The molecule has 2 rings (SSSR count). The summed E-state index contributed by atoms with van der Waals surface area (Å²) >= 11 is 2.31. The number of aryl methyl sites for hydroxylation is 1. The molecule has 1 aliphatic rings. The zero-order chi connectivity index (χ0) is 13.5. The molecule has 18 heavy (non-hydrogen) atoms. The first-order valence-electron chi connectivity index (χ1n) is 6.82. The van der Waals surface area contributed by atoms with E-state index in [1.54, 1.807) is 0 Å². The van der Waals surface area contributed by atoms with Crippen LogP contribution in [0.1, 0.15) is 58.2 Å². The van der Waals surface area contributed by atoms with Crippen molar-refractivity contribution in [1.29, 1.82) is 0 Å². The molecule has 2 unspecified atom stereocenters. The topological polar surface area (TPSA) is 43.8 Å². The van der Waals surface area contributed by atoms with Gasteiger partial charge in [-0.05, 0) is 53.7 Å². The van der Waals surface area contributed by atoms with Crippen LogP contribution >= 0.6 is 22.6 Å². The van der Waals surface area contributed by atoms with Crippen molar-refractivity contribution in [3.05, 3.63) is 9.26 Å². The summed E-state index contributed by atoms with van der Waals surface area (Å²) in [4.78, 5) is 0. The van der Waals surface area contributed by atoms with E-state index in [4.69, 9.17) is 5.73 Å². The Morgan fingerprint density at radius 2 is 1.89 bits per heavy atom. The predicted octanol–water partition coefficient (Wildman–Crippen LogP) is 4.16. The van der Waals surface area contributed by atoms with E-state index in [-0.39, 0.29) is 0 Å². The molecular formula is C14H24IN3. The molecular weight excluding hydrogens is 337 g/mol. The molecule has 0 saturated heterocycles. The highest BCUT2D eigenvalue weighted by atomic mass is 127. The Labute approximate surface area is 124 Å². The van der Waals surface area contributed by atoms with Gasteiger partial charge in [-0.2, -0.15) is 5.10 Å². The highest BCUT2D eigenvalue weighted by Gasteiger charge is 2.36. The van der Waals surface area contributed by atoms with Crippen LogP contribution in [0.5, 0.6) is 0 Å². The second-order valence-corrected chi connectivity index (χ2v) is 7.63. The quantitative estimate of drug-likeness (QED) is 0.764. The highest BCUT2D eigenvalue weighted by molar-refractivity contribution is 14.1. The number of anilines is 1. The largest absolute Gasteiger partial charge is 0.383 e. The molecule has 0 aliphatic heterocycles. The SMILES string of the molecule is Cc1nn(C2CCCCC2C(C)(C)C)c(N)c1I. The Hall–Kier alpha value is -0.260. The molecule has 2 atom stereocenters. The first-order valence-corrected chi connectivity index (χ1v) is 7.90. The van der Waals surface area contributed by atoms with Crippen molar-refractivity contribution in [3.63, 3.8) is 0 Å². The van der Waals surface area contributed by atoms with Crippen molar-refractivity contribution in [2.75, 3.05) is 5.73 Å². The van der Waals surface area contributed by atoms with Crippen LogP contribution in [0.3, 0.4) is 0 Å². The van der Waals surface area contributed by atoms with Gasteiger partial charge >= 0.3 is 0 Å². The van der Waals surface area contributed by atoms with Crippen LogP contribution in [-0.2, 0) is 0 Å². The van der Waals surface area contributed by atoms with E-state index in [2.05, 4.69) is 53.1 Å². The van der Waals surface area contributed by atoms with Gasteiger partial charge in [-0.25, -0.2) is 4.68 Å². The van der Waals surface area contributed by atoms with E-state index in [9.17, 15) is 0 Å². The van der Waals surface area contributed by atoms with Crippen molar-refractivity contribution in [1.82, 2.24) is 9.78 Å². The summed E-state index contributed by atoms with van der Waals surface area (Å²) in [5.74, 6) is 1.53. The number of nitrogens with two attached hydrogens (primary N) is 1. The Kier molecular flexibility index (Phi) is 3.95. The number of rotatable bonds is 1. The minimum absolute atomic E-state index is 0.322. The third-order valence-corrected chi connectivity index (χ3v) is 5.54. The summed E-state index contributed by atoms with van der Waals surface area (Å²) in [6, 6.07) is 0.473. The molecule has 1 heterocycles. The van der Waals surface area contributed by atoms with Crippen LogP contribution in [0.2, 0.25) is 0 Å². The second kappa shape index (κ2) is 5.02. The number of nitrogen functional groups attached to an aromatic ring is 1. The van der Waals surface area contributed by atoms with Gasteiger partial charge in [0.25, 0.3) is 0 Å². The van der Waals surface area contributed by atoms with Crippen molar-refractivity contribution >= 4 is 28.4 Å². The zero-order valence-electron chi connectivity index (χ0n) is 11.8. The van der Waals surface area contributed by atoms with Crippen LogP contribution in [0, 0.1) is 21.8 Å². The normalized spacial score (nSPS) is 25.4. The van der Waals surface area contributed by atoms with Gasteiger partial charge < -0.3 is 5.73 Å². The fourth-order valence-corrected chi connectivity index (χ4v) is 3.57. The predicted molar refractivity (Wildman–Crippen MR) is 84.5 cm³/mol. The van der Waals surface area contributed by atoms with Crippen molar-refractivity contribution in [3.8, 4) is 0 Å². The Bertz CT molecular complexity index is 431. The zero-order valence-corrected chi connectivity index (χ0v) is 14.0. The van der Waals surface area contributed by atoms with Gasteiger partial charge in [0.05, 0.1) is 15.3 Å². The van der Waals surface area contributed by atoms with Crippen LogP contribution in [0.25, 0.3) is 0 Å². The molecule has 0 spiro atoms. The third-order valence-electron chi connectivity index (χ3n) is 4.20. The fourth-order valence-electron chi connectivity index (χ4n) is 3.21. The summed E-state index contributed by atoms with van der Waals surface area (Å²) in [6.07, 6.45) is 5.15. The molecule has 4 heteroatoms. The Balaban J connectivity index is 2.37. The van der Waals surface area contributed by atoms with Crippen molar-refractivity contribution in [2.45, 2.75) is 59.4 Å². The van der Waals surface area contributed by atoms with E-state index >= 15 is 0 Å². The maximum Gasteiger partial charge on any atom is 0.135 e. The van der Waals surface area contributed by atoms with E-state index in [0.29, 0.717) is 17.4 Å². The second-order valence-electron chi connectivity index (χ2n) is 6.55. The van der Waals surface area contributed by atoms with Crippen LogP contribution < -0.4 is 5.73 Å². The summed E-state index contributed by atoms with van der Waals surface area (Å²) in [5.41, 5.74) is 7.62. The molecule has 3 nitrogen and oxygen atoms in total. The molecule has 0 radical (unpaired) electrons. The molecule has 1 aromatic rings. The highest BCUT2D eigenvalue weighted by Crippen LogP contribution is 2.45. The average Bonchev–Trinajstić information content (AvgIpc) is 2.56. The molecule has 1 aliphatic carbocycles. The first-order chi connectivity index (χ1) is 8.32. The molecule has 1 fully saturated rings. The number of hydrogen-bond acceptors (Lipinski definition) is 2. The van der Waals surface area contributed by atoms with Gasteiger partial charge in [-0.15, -0.1) is 0 Å². The first kappa shape index (κ1) is 14.2. The molecule has 2 N–H and O–H groups in total. The summed E-state index contributed by atoms with van der Waals surface area (Å²) < 4.78 is 3.22. The van der Waals surface area contributed by atoms with E-state index in [1.165, 1.54) is 25.7 Å². The van der Waals surface area contributed by atoms with Crippen LogP contribution in [0.15, 0.2) is 0 Å². The van der Waals surface area contributed by atoms with Crippen molar-refractivity contribution < 1.29 is 0 Å². The standard InChI is InChI=1S/C14H24IN3/c1-9-12(15)13(16)18(17-9)11-8-6-5-7-10(11)14(2,3)4/h10-11H,5-8,16H2,1-4H3. The minimum Gasteiger partial charge on any atom is -0.383 e. The van der Waals surface area contributed by atoms with Gasteiger partial charge in [0.15, 0.2) is 0 Å². The Morgan fingerprint density at radius 1 is 1.28 bits per heavy atom. The van der Waals surface area contributed by atoms with Gasteiger partial charge in [-0.3, -0.25) is 0 Å². The Morgan fingerprint density at radius 3 is 2.39 bits per heavy atom. The summed E-state index contributed by atoms with van der Waals surface area (Å²) in [5, 5.41) is 4.68. The van der Waals surface area contributed by atoms with Crippen LogP contribution in [0.4, 0.5) is 5.82 Å². The van der Waals surface area contributed by atoms with Gasteiger partial charge in [-0.1, -0.05) is 33.6 Å². The van der Waals surface area contributed by atoms with E-state index in [1.807, 2.05) is 6.92 Å². The smallest absolute Gasteiger partial charge is 0.135 e. The lowest BCUT2D eigenvalue weighted by Crippen LogP contribution is -2.34. The lowest BCUT2D eigenvalue weighted by atomic mass is 9.69. The monoisotopic (exact) mass is 361 g/mol. The maximum absolute atomic E-state index is 6.23.